The fourth-order valence-corrected chi connectivity index (χ4v) is 0.645. The molecule has 0 aliphatic rings. The first-order valence-electron chi connectivity index (χ1n) is 2.35. The molecule has 0 aromatic rings. The Morgan fingerprint density at radius 2 is 1.89 bits per heavy atom. The van der Waals surface area contributed by atoms with E-state index in [1.54, 1.807) is 13.8 Å². The Hall–Kier alpha value is 1.02. The van der Waals surface area contributed by atoms with Gasteiger partial charge in [-0.2, -0.15) is 0 Å². The van der Waals surface area contributed by atoms with Gasteiger partial charge in [0.15, 0.2) is 0 Å². The van der Waals surface area contributed by atoms with Crippen molar-refractivity contribution in [2.24, 2.45) is 0 Å². The average molecular weight is 160 g/mol. The number of hydrogen-bond donors (Lipinski definition) is 0. The van der Waals surface area contributed by atoms with Crippen LogP contribution in [0, 0.1) is 0 Å². The van der Waals surface area contributed by atoms with E-state index in [1.165, 1.54) is 7.11 Å². The van der Waals surface area contributed by atoms with Gasteiger partial charge in [-0.15, -0.1) is 9.05 Å². The minimum Gasteiger partial charge on any atom is -0.122 e. The number of hydrogen-bond acceptors (Lipinski definition) is 3. The molecule has 0 radical (unpaired) electrons. The van der Waals surface area contributed by atoms with Crippen LogP contribution >= 0.6 is 8.25 Å². The largest absolute Gasteiger partial charge is 1.00 e. The monoisotopic (exact) mass is 160 g/mol. The van der Waals surface area contributed by atoms with Crippen LogP contribution in [0.25, 0.3) is 0 Å². The third kappa shape index (κ3) is 9.02. The molecule has 0 aromatic heterocycles. The predicted octanol–water partition coefficient (Wildman–Crippen LogP) is -1.28. The zero-order valence-corrected chi connectivity index (χ0v) is 9.14. The van der Waals surface area contributed by atoms with Crippen molar-refractivity contribution in [2.75, 3.05) is 7.11 Å². The van der Waals surface area contributed by atoms with Gasteiger partial charge in [0.05, 0.1) is 7.11 Å². The van der Waals surface area contributed by atoms with E-state index in [0.29, 0.717) is 0 Å². The molecule has 0 bridgehead atoms. The van der Waals surface area contributed by atoms with Gasteiger partial charge in [-0.05, 0) is 13.8 Å². The van der Waals surface area contributed by atoms with Crippen molar-refractivity contribution in [1.82, 2.24) is 0 Å². The summed E-state index contributed by atoms with van der Waals surface area (Å²) in [4.78, 5) is 0. The molecule has 0 saturated carbocycles. The average Bonchev–Trinajstić information content (AvgIpc) is 1.65. The molecule has 1 unspecified atom stereocenters. The van der Waals surface area contributed by atoms with Gasteiger partial charge in [0.1, 0.15) is 6.10 Å². The van der Waals surface area contributed by atoms with Gasteiger partial charge >= 0.3 is 37.8 Å². The zero-order valence-electron chi connectivity index (χ0n) is 6.25. The van der Waals surface area contributed by atoms with E-state index >= 15 is 0 Å². The SMILES string of the molecule is CO[P+](=O)OC(C)C.[Na+]. The summed E-state index contributed by atoms with van der Waals surface area (Å²) < 4.78 is 19.4. The minimum absolute atomic E-state index is 0. The van der Waals surface area contributed by atoms with Crippen LogP contribution in [0.1, 0.15) is 13.8 Å². The van der Waals surface area contributed by atoms with Crippen molar-refractivity contribution in [3.05, 3.63) is 0 Å². The van der Waals surface area contributed by atoms with Gasteiger partial charge < -0.3 is 0 Å². The van der Waals surface area contributed by atoms with Crippen molar-refractivity contribution in [1.29, 1.82) is 0 Å². The topological polar surface area (TPSA) is 35.5 Å². The van der Waals surface area contributed by atoms with Crippen LogP contribution < -0.4 is 29.6 Å². The molecule has 0 amide bonds. The van der Waals surface area contributed by atoms with Crippen LogP contribution in [0.15, 0.2) is 0 Å². The molecule has 0 N–H and O–H groups in total. The first-order valence-corrected chi connectivity index (χ1v) is 3.44. The quantitative estimate of drug-likeness (QED) is 0.381. The van der Waals surface area contributed by atoms with Crippen LogP contribution in [0.2, 0.25) is 0 Å². The summed E-state index contributed by atoms with van der Waals surface area (Å²) in [5.41, 5.74) is 0. The van der Waals surface area contributed by atoms with Crippen molar-refractivity contribution in [3.63, 3.8) is 0 Å². The fourth-order valence-electron chi connectivity index (χ4n) is 0.215. The second kappa shape index (κ2) is 7.13. The Morgan fingerprint density at radius 3 is 2.00 bits per heavy atom. The summed E-state index contributed by atoms with van der Waals surface area (Å²) >= 11 is 0. The Bertz CT molecular complexity index is 85.9. The van der Waals surface area contributed by atoms with E-state index in [4.69, 9.17) is 0 Å². The maximum absolute atomic E-state index is 10.3. The molecule has 48 valence electrons. The second-order valence-electron chi connectivity index (χ2n) is 1.56. The van der Waals surface area contributed by atoms with E-state index in [9.17, 15) is 4.57 Å². The Balaban J connectivity index is 0. The Kier molecular flexibility index (Phi) is 10.0. The maximum atomic E-state index is 10.3. The summed E-state index contributed by atoms with van der Waals surface area (Å²) in [6, 6.07) is 0. The molecule has 0 aliphatic heterocycles. The first kappa shape index (κ1) is 12.7. The molecule has 1 atom stereocenters. The Morgan fingerprint density at radius 1 is 1.44 bits per heavy atom. The second-order valence-corrected chi connectivity index (χ2v) is 2.58. The summed E-state index contributed by atoms with van der Waals surface area (Å²) in [6.07, 6.45) is -0.0291. The third-order valence-electron chi connectivity index (χ3n) is 0.446. The van der Waals surface area contributed by atoms with Gasteiger partial charge in [-0.1, -0.05) is 0 Å². The van der Waals surface area contributed by atoms with E-state index in [1.807, 2.05) is 0 Å². The minimum atomic E-state index is -1.87. The van der Waals surface area contributed by atoms with E-state index in [-0.39, 0.29) is 35.7 Å². The van der Waals surface area contributed by atoms with Crippen LogP contribution in [0.4, 0.5) is 0 Å². The van der Waals surface area contributed by atoms with Crippen molar-refractivity contribution >= 4 is 8.25 Å². The fraction of sp³-hybridized carbons (Fsp3) is 1.00. The van der Waals surface area contributed by atoms with Gasteiger partial charge in [-0.25, -0.2) is 0 Å². The standard InChI is InChI=1S/C4H10O3P.Na/c1-4(2)7-8(5)6-3;/h4H,1-3H3;/q2*+1. The zero-order chi connectivity index (χ0) is 6.57. The molecular weight excluding hydrogens is 150 g/mol. The molecule has 3 nitrogen and oxygen atoms in total. The van der Waals surface area contributed by atoms with Gasteiger partial charge in [0.25, 0.3) is 0 Å². The first-order chi connectivity index (χ1) is 3.66. The van der Waals surface area contributed by atoms with Gasteiger partial charge in [0, 0.05) is 4.57 Å². The Labute approximate surface area is 78.4 Å². The maximum Gasteiger partial charge on any atom is 1.00 e. The van der Waals surface area contributed by atoms with E-state index < -0.39 is 8.25 Å². The summed E-state index contributed by atoms with van der Waals surface area (Å²) in [6.45, 7) is 3.60. The molecule has 0 fully saturated rings. The normalized spacial score (nSPS) is 10.9. The van der Waals surface area contributed by atoms with Gasteiger partial charge in [0.2, 0.25) is 0 Å². The van der Waals surface area contributed by atoms with Crippen LogP contribution in [0.5, 0.6) is 0 Å². The van der Waals surface area contributed by atoms with Crippen molar-refractivity contribution < 1.29 is 43.2 Å². The summed E-state index contributed by atoms with van der Waals surface area (Å²) in [7, 11) is -0.520. The van der Waals surface area contributed by atoms with Crippen LogP contribution in [-0.2, 0) is 13.6 Å². The molecule has 5 heteroatoms. The smallest absolute Gasteiger partial charge is 0.122 e. The molecule has 0 aromatic carbocycles. The van der Waals surface area contributed by atoms with Gasteiger partial charge in [-0.3, -0.25) is 0 Å². The van der Waals surface area contributed by atoms with E-state index in [2.05, 4.69) is 9.05 Å². The molecule has 0 aliphatic carbocycles. The van der Waals surface area contributed by atoms with Crippen LogP contribution in [0.3, 0.4) is 0 Å². The molecule has 0 rings (SSSR count). The van der Waals surface area contributed by atoms with Crippen molar-refractivity contribution in [3.8, 4) is 0 Å². The summed E-state index contributed by atoms with van der Waals surface area (Å²) in [5.74, 6) is 0. The number of rotatable bonds is 3. The third-order valence-corrected chi connectivity index (χ3v) is 1.34. The van der Waals surface area contributed by atoms with E-state index in [0.717, 1.165) is 0 Å². The molecule has 0 spiro atoms. The van der Waals surface area contributed by atoms with Crippen molar-refractivity contribution in [2.45, 2.75) is 20.0 Å². The predicted molar refractivity (Wildman–Crippen MR) is 30.8 cm³/mol. The van der Waals surface area contributed by atoms with Crippen LogP contribution in [-0.4, -0.2) is 13.2 Å². The molecule has 0 heterocycles. The summed E-state index contributed by atoms with van der Waals surface area (Å²) in [5, 5.41) is 0. The molecule has 9 heavy (non-hydrogen) atoms. The molecular formula is C4H10NaO3P+2. The molecule has 0 saturated heterocycles.